The van der Waals surface area contributed by atoms with E-state index in [4.69, 9.17) is 24.4 Å². The fourth-order valence-corrected chi connectivity index (χ4v) is 4.26. The number of pyridine rings is 2. The normalized spacial score (nSPS) is 22.2. The van der Waals surface area contributed by atoms with Gasteiger partial charge in [-0.3, -0.25) is 4.98 Å². The highest BCUT2D eigenvalue weighted by Gasteiger charge is 2.27. The summed E-state index contributed by atoms with van der Waals surface area (Å²) in [4.78, 5) is 23.8. The van der Waals surface area contributed by atoms with Gasteiger partial charge in [-0.15, -0.1) is 0 Å². The van der Waals surface area contributed by atoms with Crippen LogP contribution in [0.15, 0.2) is 30.5 Å². The average Bonchev–Trinajstić information content (AvgIpc) is 2.79. The van der Waals surface area contributed by atoms with E-state index < -0.39 is 0 Å². The molecule has 0 radical (unpaired) electrons. The van der Waals surface area contributed by atoms with Crippen molar-refractivity contribution < 1.29 is 9.47 Å². The van der Waals surface area contributed by atoms with Crippen LogP contribution in [0.1, 0.15) is 19.5 Å². The second kappa shape index (κ2) is 8.36. The van der Waals surface area contributed by atoms with Crippen LogP contribution in [0.25, 0.3) is 22.3 Å². The summed E-state index contributed by atoms with van der Waals surface area (Å²) in [5.41, 5.74) is 3.60. The summed E-state index contributed by atoms with van der Waals surface area (Å²) in [7, 11) is 0. The van der Waals surface area contributed by atoms with Crippen molar-refractivity contribution in [3.63, 3.8) is 0 Å². The maximum Gasteiger partial charge on any atom is 0.229 e. The maximum absolute atomic E-state index is 5.66. The van der Waals surface area contributed by atoms with E-state index in [-0.39, 0.29) is 12.1 Å². The number of aromatic nitrogens is 4. The topological polar surface area (TPSA) is 76.5 Å². The first-order valence-corrected chi connectivity index (χ1v) is 10.9. The van der Waals surface area contributed by atoms with E-state index in [2.05, 4.69) is 34.7 Å². The highest BCUT2D eigenvalue weighted by molar-refractivity contribution is 5.90. The van der Waals surface area contributed by atoms with Crippen LogP contribution in [0.4, 0.5) is 11.8 Å². The number of hydrogen-bond acceptors (Lipinski definition) is 8. The molecule has 31 heavy (non-hydrogen) atoms. The fraction of sp³-hybridized carbons (Fsp3) is 0.478. The zero-order valence-electron chi connectivity index (χ0n) is 18.3. The van der Waals surface area contributed by atoms with Gasteiger partial charge in [0.2, 0.25) is 5.95 Å². The van der Waals surface area contributed by atoms with Crippen LogP contribution in [0.2, 0.25) is 0 Å². The molecule has 2 saturated heterocycles. The highest BCUT2D eigenvalue weighted by atomic mass is 16.5. The fourth-order valence-electron chi connectivity index (χ4n) is 4.26. The van der Waals surface area contributed by atoms with E-state index in [0.29, 0.717) is 38.0 Å². The van der Waals surface area contributed by atoms with E-state index in [0.717, 1.165) is 41.2 Å². The standard InChI is InChI=1S/C23H28N6O2/c1-15-12-18(6-7-24-15)20-5-4-19-21(25-20)26-23(29-9-11-31-14-17(29)3)27-22(19)28-8-10-30-13-16(28)2/h4-7,12,16-17H,8-11,13-14H2,1-3H3/t16-,17-/m0/s1. The molecule has 0 amide bonds. The number of fused-ring (bicyclic) bond motifs is 1. The van der Waals surface area contributed by atoms with Crippen LogP contribution in [0, 0.1) is 6.92 Å². The van der Waals surface area contributed by atoms with E-state index in [1.165, 1.54) is 0 Å². The smallest absolute Gasteiger partial charge is 0.229 e. The first-order chi connectivity index (χ1) is 15.1. The Morgan fingerprint density at radius 1 is 0.903 bits per heavy atom. The first-order valence-electron chi connectivity index (χ1n) is 10.9. The van der Waals surface area contributed by atoms with Gasteiger partial charge in [0.05, 0.1) is 49.6 Å². The van der Waals surface area contributed by atoms with E-state index in [1.54, 1.807) is 0 Å². The van der Waals surface area contributed by atoms with E-state index in [1.807, 2.05) is 31.3 Å². The zero-order chi connectivity index (χ0) is 21.4. The Morgan fingerprint density at radius 3 is 2.35 bits per heavy atom. The third kappa shape index (κ3) is 3.93. The monoisotopic (exact) mass is 420 g/mol. The molecule has 2 aliphatic rings. The van der Waals surface area contributed by atoms with Crippen LogP contribution in [-0.4, -0.2) is 71.5 Å². The van der Waals surface area contributed by atoms with Gasteiger partial charge in [-0.2, -0.15) is 9.97 Å². The Morgan fingerprint density at radius 2 is 1.65 bits per heavy atom. The molecule has 0 N–H and O–H groups in total. The van der Waals surface area contributed by atoms with Gasteiger partial charge in [-0.05, 0) is 45.0 Å². The number of rotatable bonds is 3. The molecule has 8 nitrogen and oxygen atoms in total. The Labute approximate surface area is 182 Å². The minimum absolute atomic E-state index is 0.215. The predicted molar refractivity (Wildman–Crippen MR) is 121 cm³/mol. The number of nitrogens with zero attached hydrogens (tertiary/aromatic N) is 6. The highest BCUT2D eigenvalue weighted by Crippen LogP contribution is 2.31. The van der Waals surface area contributed by atoms with Crippen LogP contribution >= 0.6 is 0 Å². The molecule has 0 saturated carbocycles. The van der Waals surface area contributed by atoms with Gasteiger partial charge in [0.15, 0.2) is 5.65 Å². The first kappa shape index (κ1) is 20.1. The van der Waals surface area contributed by atoms with Crippen molar-refractivity contribution in [2.45, 2.75) is 32.9 Å². The van der Waals surface area contributed by atoms with Gasteiger partial charge in [-0.1, -0.05) is 0 Å². The molecule has 3 aromatic rings. The molecule has 0 aliphatic carbocycles. The molecule has 2 atom stereocenters. The molecule has 8 heteroatoms. The van der Waals surface area contributed by atoms with Crippen molar-refractivity contribution in [3.05, 3.63) is 36.2 Å². The lowest BCUT2D eigenvalue weighted by Gasteiger charge is -2.37. The summed E-state index contributed by atoms with van der Waals surface area (Å²) in [6.45, 7) is 10.6. The third-order valence-electron chi connectivity index (χ3n) is 5.98. The molecule has 3 aromatic heterocycles. The van der Waals surface area contributed by atoms with Crippen molar-refractivity contribution in [3.8, 4) is 11.3 Å². The molecular formula is C23H28N6O2. The summed E-state index contributed by atoms with van der Waals surface area (Å²) in [6, 6.07) is 8.63. The Bertz CT molecular complexity index is 1090. The summed E-state index contributed by atoms with van der Waals surface area (Å²) >= 11 is 0. The molecule has 0 bridgehead atoms. The number of anilines is 2. The second-order valence-electron chi connectivity index (χ2n) is 8.34. The summed E-state index contributed by atoms with van der Waals surface area (Å²) in [6.07, 6.45) is 1.82. The number of hydrogen-bond donors (Lipinski definition) is 0. The van der Waals surface area contributed by atoms with Gasteiger partial charge in [0, 0.05) is 30.5 Å². The van der Waals surface area contributed by atoms with Gasteiger partial charge in [0.25, 0.3) is 0 Å². The maximum atomic E-state index is 5.66. The molecule has 5 rings (SSSR count). The van der Waals surface area contributed by atoms with Gasteiger partial charge >= 0.3 is 0 Å². The van der Waals surface area contributed by atoms with Gasteiger partial charge < -0.3 is 19.3 Å². The van der Waals surface area contributed by atoms with Crippen molar-refractivity contribution in [1.82, 2.24) is 19.9 Å². The van der Waals surface area contributed by atoms with Crippen molar-refractivity contribution in [2.75, 3.05) is 49.3 Å². The quantitative estimate of drug-likeness (QED) is 0.640. The molecular weight excluding hydrogens is 392 g/mol. The third-order valence-corrected chi connectivity index (χ3v) is 5.98. The molecule has 2 fully saturated rings. The summed E-state index contributed by atoms with van der Waals surface area (Å²) < 4.78 is 11.3. The number of morpholine rings is 2. The van der Waals surface area contributed by atoms with Crippen molar-refractivity contribution in [2.24, 2.45) is 0 Å². The number of ether oxygens (including phenoxy) is 2. The van der Waals surface area contributed by atoms with Crippen molar-refractivity contribution >= 4 is 22.8 Å². The molecule has 2 aliphatic heterocycles. The van der Waals surface area contributed by atoms with Gasteiger partial charge in [0.1, 0.15) is 5.82 Å². The average molecular weight is 421 g/mol. The van der Waals surface area contributed by atoms with Crippen LogP contribution in [-0.2, 0) is 9.47 Å². The molecule has 5 heterocycles. The molecule has 162 valence electrons. The molecule has 0 unspecified atom stereocenters. The Kier molecular flexibility index (Phi) is 5.41. The van der Waals surface area contributed by atoms with Crippen LogP contribution in [0.3, 0.4) is 0 Å². The minimum Gasteiger partial charge on any atom is -0.377 e. The van der Waals surface area contributed by atoms with E-state index in [9.17, 15) is 0 Å². The predicted octanol–water partition coefficient (Wildman–Crippen LogP) is 2.85. The SMILES string of the molecule is Cc1cc(-c2ccc3c(N4CCOC[C@@H]4C)nc(N4CCOC[C@@H]4C)nc3n2)ccn1. The molecule has 0 aromatic carbocycles. The van der Waals surface area contributed by atoms with Crippen LogP contribution in [0.5, 0.6) is 0 Å². The number of aryl methyl sites for hydroxylation is 1. The summed E-state index contributed by atoms with van der Waals surface area (Å²) in [5.74, 6) is 1.65. The molecule has 0 spiro atoms. The lowest BCUT2D eigenvalue weighted by atomic mass is 10.1. The Hall–Kier alpha value is -2.84. The van der Waals surface area contributed by atoms with Crippen LogP contribution < -0.4 is 9.80 Å². The largest absolute Gasteiger partial charge is 0.377 e. The Balaban J connectivity index is 1.66. The zero-order valence-corrected chi connectivity index (χ0v) is 18.3. The van der Waals surface area contributed by atoms with E-state index >= 15 is 0 Å². The lowest BCUT2D eigenvalue weighted by molar-refractivity contribution is 0.0973. The summed E-state index contributed by atoms with van der Waals surface area (Å²) in [5, 5.41) is 0.966. The van der Waals surface area contributed by atoms with Gasteiger partial charge in [-0.25, -0.2) is 4.98 Å². The second-order valence-corrected chi connectivity index (χ2v) is 8.34. The van der Waals surface area contributed by atoms with Crippen molar-refractivity contribution in [1.29, 1.82) is 0 Å². The minimum atomic E-state index is 0.215. The lowest BCUT2D eigenvalue weighted by Crippen LogP contribution is -2.46.